The second kappa shape index (κ2) is 8.98. The predicted molar refractivity (Wildman–Crippen MR) is 104 cm³/mol. The highest BCUT2D eigenvalue weighted by atomic mass is 16.5. The summed E-state index contributed by atoms with van der Waals surface area (Å²) >= 11 is 0. The highest BCUT2D eigenvalue weighted by molar-refractivity contribution is 5.79. The summed E-state index contributed by atoms with van der Waals surface area (Å²) in [5, 5.41) is 7.10. The number of nitrogens with zero attached hydrogens (tertiary/aromatic N) is 5. The lowest BCUT2D eigenvalue weighted by Gasteiger charge is -2.20. The lowest BCUT2D eigenvalue weighted by atomic mass is 10.2. The quantitative estimate of drug-likeness (QED) is 0.492. The SMILES string of the molecule is CCNC(=NCCc1nc(C)no1)N(C)Cc1ncc(-c2ccccc2)[nH]1. The fourth-order valence-electron chi connectivity index (χ4n) is 2.68. The van der Waals surface area contributed by atoms with Crippen LogP contribution >= 0.6 is 0 Å². The van der Waals surface area contributed by atoms with Crippen LogP contribution in [0.4, 0.5) is 0 Å². The minimum absolute atomic E-state index is 0.571. The second-order valence-corrected chi connectivity index (χ2v) is 6.19. The molecule has 0 atom stereocenters. The van der Waals surface area contributed by atoms with Gasteiger partial charge in [0.1, 0.15) is 5.82 Å². The molecular weight excluding hydrogens is 342 g/mol. The number of aromatic nitrogens is 4. The summed E-state index contributed by atoms with van der Waals surface area (Å²) in [4.78, 5) is 18.7. The summed E-state index contributed by atoms with van der Waals surface area (Å²) in [6.07, 6.45) is 2.48. The van der Waals surface area contributed by atoms with Crippen molar-refractivity contribution in [1.29, 1.82) is 0 Å². The lowest BCUT2D eigenvalue weighted by molar-refractivity contribution is 0.375. The summed E-state index contributed by atoms with van der Waals surface area (Å²) in [5.74, 6) is 2.94. The van der Waals surface area contributed by atoms with Crippen LogP contribution in [-0.4, -0.2) is 51.1 Å². The molecule has 142 valence electrons. The molecule has 0 radical (unpaired) electrons. The first kappa shape index (κ1) is 18.6. The van der Waals surface area contributed by atoms with E-state index in [-0.39, 0.29) is 0 Å². The molecule has 0 amide bonds. The zero-order chi connectivity index (χ0) is 19.1. The molecule has 27 heavy (non-hydrogen) atoms. The Bertz CT molecular complexity index is 869. The summed E-state index contributed by atoms with van der Waals surface area (Å²) in [6.45, 7) is 5.84. The number of hydrogen-bond donors (Lipinski definition) is 2. The molecule has 8 nitrogen and oxygen atoms in total. The lowest BCUT2D eigenvalue weighted by Crippen LogP contribution is -2.38. The summed E-state index contributed by atoms with van der Waals surface area (Å²) in [6, 6.07) is 10.2. The summed E-state index contributed by atoms with van der Waals surface area (Å²) in [7, 11) is 1.99. The molecule has 0 aliphatic heterocycles. The third kappa shape index (κ3) is 5.16. The van der Waals surface area contributed by atoms with Crippen molar-refractivity contribution in [3.05, 3.63) is 54.1 Å². The van der Waals surface area contributed by atoms with Gasteiger partial charge in [0.15, 0.2) is 11.8 Å². The fourth-order valence-corrected chi connectivity index (χ4v) is 2.68. The molecule has 2 heterocycles. The molecule has 0 unspecified atom stereocenters. The number of nitrogens with one attached hydrogen (secondary N) is 2. The Morgan fingerprint density at radius 2 is 2.11 bits per heavy atom. The normalized spacial score (nSPS) is 11.6. The molecule has 0 fully saturated rings. The maximum Gasteiger partial charge on any atom is 0.228 e. The number of H-pyrrole nitrogens is 1. The molecule has 8 heteroatoms. The van der Waals surface area contributed by atoms with Crippen LogP contribution in [0.5, 0.6) is 0 Å². The van der Waals surface area contributed by atoms with Crippen LogP contribution in [0.3, 0.4) is 0 Å². The van der Waals surface area contributed by atoms with E-state index < -0.39 is 0 Å². The Balaban J connectivity index is 1.61. The van der Waals surface area contributed by atoms with Gasteiger partial charge >= 0.3 is 0 Å². The van der Waals surface area contributed by atoms with Crippen LogP contribution in [0.25, 0.3) is 11.3 Å². The van der Waals surface area contributed by atoms with Crippen molar-refractivity contribution in [3.8, 4) is 11.3 Å². The number of guanidine groups is 1. The molecule has 1 aromatic carbocycles. The van der Waals surface area contributed by atoms with Gasteiger partial charge in [-0.3, -0.25) is 4.99 Å². The average Bonchev–Trinajstić information content (AvgIpc) is 3.31. The smallest absolute Gasteiger partial charge is 0.228 e. The fraction of sp³-hybridized carbons (Fsp3) is 0.368. The van der Waals surface area contributed by atoms with E-state index in [0.717, 1.165) is 29.6 Å². The van der Waals surface area contributed by atoms with Crippen LogP contribution < -0.4 is 5.32 Å². The van der Waals surface area contributed by atoms with E-state index in [9.17, 15) is 0 Å². The van der Waals surface area contributed by atoms with Crippen molar-refractivity contribution in [2.45, 2.75) is 26.8 Å². The Labute approximate surface area is 158 Å². The van der Waals surface area contributed by atoms with Crippen LogP contribution in [0.2, 0.25) is 0 Å². The van der Waals surface area contributed by atoms with Gasteiger partial charge in [0.2, 0.25) is 5.89 Å². The molecule has 0 spiro atoms. The molecule has 0 saturated carbocycles. The van der Waals surface area contributed by atoms with E-state index in [1.165, 1.54) is 0 Å². The molecule has 0 bridgehead atoms. The molecule has 2 N–H and O–H groups in total. The maximum absolute atomic E-state index is 5.13. The minimum Gasteiger partial charge on any atom is -0.357 e. The van der Waals surface area contributed by atoms with Gasteiger partial charge < -0.3 is 19.7 Å². The van der Waals surface area contributed by atoms with E-state index in [1.807, 2.05) is 43.3 Å². The maximum atomic E-state index is 5.13. The zero-order valence-corrected chi connectivity index (χ0v) is 15.9. The van der Waals surface area contributed by atoms with Crippen molar-refractivity contribution in [2.75, 3.05) is 20.1 Å². The number of aromatic amines is 1. The topological polar surface area (TPSA) is 95.2 Å². The van der Waals surface area contributed by atoms with Crippen molar-refractivity contribution in [3.63, 3.8) is 0 Å². The first-order valence-corrected chi connectivity index (χ1v) is 9.03. The van der Waals surface area contributed by atoms with Crippen molar-refractivity contribution in [2.24, 2.45) is 4.99 Å². The van der Waals surface area contributed by atoms with E-state index in [0.29, 0.717) is 31.2 Å². The number of aryl methyl sites for hydroxylation is 1. The van der Waals surface area contributed by atoms with Crippen molar-refractivity contribution < 1.29 is 4.52 Å². The average molecular weight is 367 g/mol. The summed E-state index contributed by atoms with van der Waals surface area (Å²) in [5.41, 5.74) is 2.13. The molecule has 0 aliphatic rings. The van der Waals surface area contributed by atoms with Gasteiger partial charge in [-0.2, -0.15) is 4.98 Å². The predicted octanol–water partition coefficient (Wildman–Crippen LogP) is 2.41. The second-order valence-electron chi connectivity index (χ2n) is 6.19. The Morgan fingerprint density at radius 3 is 2.81 bits per heavy atom. The molecule has 2 aromatic heterocycles. The number of rotatable bonds is 7. The van der Waals surface area contributed by atoms with Gasteiger partial charge in [-0.1, -0.05) is 35.5 Å². The highest BCUT2D eigenvalue weighted by Gasteiger charge is 2.10. The molecule has 0 saturated heterocycles. The Kier molecular flexibility index (Phi) is 6.19. The van der Waals surface area contributed by atoms with Gasteiger partial charge in [-0.05, 0) is 19.4 Å². The summed E-state index contributed by atoms with van der Waals surface area (Å²) < 4.78 is 5.13. The number of aliphatic imine (C=N–C) groups is 1. The number of benzene rings is 1. The Morgan fingerprint density at radius 1 is 1.30 bits per heavy atom. The standard InChI is InChI=1S/C19H25N7O/c1-4-20-19(21-11-10-18-23-14(2)25-27-18)26(3)13-17-22-12-16(24-17)15-8-6-5-7-9-15/h5-9,12H,4,10-11,13H2,1-3H3,(H,20,21)(H,22,24). The van der Waals surface area contributed by atoms with Gasteiger partial charge in [-0.15, -0.1) is 0 Å². The van der Waals surface area contributed by atoms with Crippen LogP contribution in [-0.2, 0) is 13.0 Å². The van der Waals surface area contributed by atoms with Crippen molar-refractivity contribution in [1.82, 2.24) is 30.3 Å². The molecule has 3 rings (SSSR count). The zero-order valence-electron chi connectivity index (χ0n) is 15.9. The highest BCUT2D eigenvalue weighted by Crippen LogP contribution is 2.16. The number of hydrogen-bond acceptors (Lipinski definition) is 5. The van der Waals surface area contributed by atoms with E-state index in [4.69, 9.17) is 4.52 Å². The molecule has 0 aliphatic carbocycles. The Hall–Kier alpha value is -3.16. The van der Waals surface area contributed by atoms with Crippen molar-refractivity contribution >= 4 is 5.96 Å². The van der Waals surface area contributed by atoms with E-state index >= 15 is 0 Å². The van der Waals surface area contributed by atoms with Gasteiger partial charge in [0, 0.05) is 20.0 Å². The van der Waals surface area contributed by atoms with Crippen LogP contribution in [0.1, 0.15) is 24.5 Å². The van der Waals surface area contributed by atoms with Gasteiger partial charge in [0.05, 0.1) is 25.0 Å². The van der Waals surface area contributed by atoms with Gasteiger partial charge in [0.25, 0.3) is 0 Å². The van der Waals surface area contributed by atoms with Crippen LogP contribution in [0.15, 0.2) is 46.0 Å². The first-order valence-electron chi connectivity index (χ1n) is 9.03. The largest absolute Gasteiger partial charge is 0.357 e. The van der Waals surface area contributed by atoms with Gasteiger partial charge in [-0.25, -0.2) is 4.98 Å². The first-order chi connectivity index (χ1) is 13.2. The molecule has 3 aromatic rings. The monoisotopic (exact) mass is 367 g/mol. The van der Waals surface area contributed by atoms with E-state index in [2.05, 4.69) is 42.6 Å². The third-order valence-electron chi connectivity index (χ3n) is 3.95. The minimum atomic E-state index is 0.571. The van der Waals surface area contributed by atoms with E-state index in [1.54, 1.807) is 6.92 Å². The number of imidazole rings is 1. The third-order valence-corrected chi connectivity index (χ3v) is 3.95. The molecular formula is C19H25N7O. The van der Waals surface area contributed by atoms with Crippen LogP contribution in [0, 0.1) is 6.92 Å².